The smallest absolute Gasteiger partial charge is 0.339 e. The molecule has 0 aliphatic carbocycles. The highest BCUT2D eigenvalue weighted by molar-refractivity contribution is 9.10. The highest BCUT2D eigenvalue weighted by Crippen LogP contribution is 2.27. The van der Waals surface area contributed by atoms with E-state index >= 15 is 0 Å². The van der Waals surface area contributed by atoms with Gasteiger partial charge in [-0.05, 0) is 22.0 Å². The SMILES string of the molecule is O=C(O)c1cncnc1CNc1c(F)cc(F)cc1Br. The van der Waals surface area contributed by atoms with Gasteiger partial charge in [0.2, 0.25) is 0 Å². The number of hydrogen-bond donors (Lipinski definition) is 2. The first-order valence-corrected chi connectivity index (χ1v) is 6.19. The van der Waals surface area contributed by atoms with E-state index in [1.54, 1.807) is 0 Å². The van der Waals surface area contributed by atoms with E-state index in [1.807, 2.05) is 0 Å². The molecule has 20 heavy (non-hydrogen) atoms. The molecule has 0 unspecified atom stereocenters. The minimum absolute atomic E-state index is 0.0290. The van der Waals surface area contributed by atoms with E-state index in [0.717, 1.165) is 18.3 Å². The first kappa shape index (κ1) is 14.3. The third-order valence-corrected chi connectivity index (χ3v) is 3.09. The molecule has 0 saturated carbocycles. The Morgan fingerprint density at radius 2 is 2.15 bits per heavy atom. The summed E-state index contributed by atoms with van der Waals surface area (Å²) in [6.07, 6.45) is 2.35. The molecule has 0 radical (unpaired) electrons. The molecule has 0 fully saturated rings. The fourth-order valence-electron chi connectivity index (χ4n) is 1.56. The van der Waals surface area contributed by atoms with Gasteiger partial charge >= 0.3 is 5.97 Å². The van der Waals surface area contributed by atoms with Crippen molar-refractivity contribution in [3.8, 4) is 0 Å². The molecule has 0 saturated heterocycles. The number of carbonyl (C=O) groups is 1. The molecule has 2 N–H and O–H groups in total. The molecule has 1 aromatic heterocycles. The number of anilines is 1. The maximum Gasteiger partial charge on any atom is 0.339 e. The second kappa shape index (κ2) is 5.91. The van der Waals surface area contributed by atoms with Gasteiger partial charge in [-0.15, -0.1) is 0 Å². The molecule has 0 amide bonds. The minimum Gasteiger partial charge on any atom is -0.478 e. The summed E-state index contributed by atoms with van der Waals surface area (Å²) in [6, 6.07) is 1.83. The van der Waals surface area contributed by atoms with Crippen LogP contribution in [-0.4, -0.2) is 21.0 Å². The summed E-state index contributed by atoms with van der Waals surface area (Å²) >= 11 is 3.03. The van der Waals surface area contributed by atoms with Crippen LogP contribution in [0.5, 0.6) is 0 Å². The molecular weight excluding hydrogens is 336 g/mol. The molecule has 0 aliphatic heterocycles. The van der Waals surface area contributed by atoms with Crippen LogP contribution < -0.4 is 5.32 Å². The van der Waals surface area contributed by atoms with E-state index in [4.69, 9.17) is 5.11 Å². The molecule has 2 aromatic rings. The third kappa shape index (κ3) is 3.08. The summed E-state index contributed by atoms with van der Waals surface area (Å²) in [6.45, 7) is -0.0364. The van der Waals surface area contributed by atoms with Crippen molar-refractivity contribution in [1.29, 1.82) is 0 Å². The third-order valence-electron chi connectivity index (χ3n) is 2.46. The number of aromatic nitrogens is 2. The maximum absolute atomic E-state index is 13.6. The molecule has 2 rings (SSSR count). The van der Waals surface area contributed by atoms with Crippen molar-refractivity contribution in [3.05, 3.63) is 52.0 Å². The average molecular weight is 344 g/mol. The number of hydrogen-bond acceptors (Lipinski definition) is 4. The Labute approximate surface area is 120 Å². The Morgan fingerprint density at radius 1 is 1.40 bits per heavy atom. The van der Waals surface area contributed by atoms with Crippen LogP contribution in [0.4, 0.5) is 14.5 Å². The van der Waals surface area contributed by atoms with Crippen LogP contribution in [0.3, 0.4) is 0 Å². The van der Waals surface area contributed by atoms with Crippen LogP contribution in [0.2, 0.25) is 0 Å². The van der Waals surface area contributed by atoms with Crippen molar-refractivity contribution >= 4 is 27.6 Å². The molecule has 1 heterocycles. The van der Waals surface area contributed by atoms with Gasteiger partial charge in [0, 0.05) is 16.7 Å². The Morgan fingerprint density at radius 3 is 2.80 bits per heavy atom. The van der Waals surface area contributed by atoms with Gasteiger partial charge in [-0.3, -0.25) is 0 Å². The van der Waals surface area contributed by atoms with Gasteiger partial charge in [0.1, 0.15) is 23.5 Å². The van der Waals surface area contributed by atoms with Gasteiger partial charge in [-0.25, -0.2) is 23.5 Å². The standard InChI is InChI=1S/C12H8BrF2N3O2/c13-8-1-6(14)2-9(15)11(8)17-4-10-7(12(19)20)3-16-5-18-10/h1-3,5,17H,4H2,(H,19,20). The zero-order chi connectivity index (χ0) is 14.7. The first-order valence-electron chi connectivity index (χ1n) is 5.39. The Hall–Kier alpha value is -2.09. The van der Waals surface area contributed by atoms with Crippen molar-refractivity contribution in [2.24, 2.45) is 0 Å². The zero-order valence-electron chi connectivity index (χ0n) is 9.90. The largest absolute Gasteiger partial charge is 0.478 e. The number of benzene rings is 1. The quantitative estimate of drug-likeness (QED) is 0.892. The number of nitrogens with zero attached hydrogens (tertiary/aromatic N) is 2. The predicted octanol–water partition coefficient (Wildman–Crippen LogP) is 2.83. The lowest BCUT2D eigenvalue weighted by atomic mass is 10.2. The Kier molecular flexibility index (Phi) is 4.23. The van der Waals surface area contributed by atoms with Gasteiger partial charge in [-0.1, -0.05) is 0 Å². The number of aromatic carboxylic acids is 1. The van der Waals surface area contributed by atoms with Crippen molar-refractivity contribution < 1.29 is 18.7 Å². The van der Waals surface area contributed by atoms with Crippen LogP contribution in [0.25, 0.3) is 0 Å². The maximum atomic E-state index is 13.6. The molecule has 5 nitrogen and oxygen atoms in total. The van der Waals surface area contributed by atoms with Gasteiger partial charge in [-0.2, -0.15) is 0 Å². The Bertz CT molecular complexity index is 644. The van der Waals surface area contributed by atoms with Crippen molar-refractivity contribution in [2.75, 3.05) is 5.32 Å². The van der Waals surface area contributed by atoms with E-state index in [1.165, 1.54) is 6.33 Å². The molecule has 104 valence electrons. The zero-order valence-corrected chi connectivity index (χ0v) is 11.5. The average Bonchev–Trinajstić information content (AvgIpc) is 2.37. The summed E-state index contributed by atoms with van der Waals surface area (Å²) < 4.78 is 26.7. The predicted molar refractivity (Wildman–Crippen MR) is 70.4 cm³/mol. The van der Waals surface area contributed by atoms with E-state index in [0.29, 0.717) is 0 Å². The topological polar surface area (TPSA) is 75.1 Å². The van der Waals surface area contributed by atoms with Crippen LogP contribution in [0.15, 0.2) is 29.1 Å². The highest BCUT2D eigenvalue weighted by Gasteiger charge is 2.14. The molecule has 0 spiro atoms. The fourth-order valence-corrected chi connectivity index (χ4v) is 2.11. The van der Waals surface area contributed by atoms with Gasteiger partial charge in [0.25, 0.3) is 0 Å². The summed E-state index contributed by atoms with van der Waals surface area (Å²) in [4.78, 5) is 18.4. The number of nitrogens with one attached hydrogen (secondary N) is 1. The van der Waals surface area contributed by atoms with Crippen LogP contribution in [0.1, 0.15) is 16.1 Å². The summed E-state index contributed by atoms with van der Waals surface area (Å²) in [7, 11) is 0. The first-order chi connectivity index (χ1) is 9.49. The molecule has 0 bridgehead atoms. The van der Waals surface area contributed by atoms with E-state index in [-0.39, 0.29) is 28.0 Å². The Balaban J connectivity index is 2.24. The van der Waals surface area contributed by atoms with E-state index in [2.05, 4.69) is 31.2 Å². The van der Waals surface area contributed by atoms with E-state index < -0.39 is 17.6 Å². The molecule has 0 aliphatic rings. The second-order valence-electron chi connectivity index (χ2n) is 3.79. The number of carboxylic acid groups (broad SMARTS) is 1. The van der Waals surface area contributed by atoms with E-state index in [9.17, 15) is 13.6 Å². The number of rotatable bonds is 4. The summed E-state index contributed by atoms with van der Waals surface area (Å²) in [5, 5.41) is 11.6. The highest BCUT2D eigenvalue weighted by atomic mass is 79.9. The van der Waals surface area contributed by atoms with Gasteiger partial charge in [0.05, 0.1) is 17.9 Å². The summed E-state index contributed by atoms with van der Waals surface area (Å²) in [5.74, 6) is -2.68. The summed E-state index contributed by atoms with van der Waals surface area (Å²) in [5.41, 5.74) is 0.142. The molecule has 8 heteroatoms. The molecule has 0 atom stereocenters. The fraction of sp³-hybridized carbons (Fsp3) is 0.0833. The van der Waals surface area contributed by atoms with Crippen molar-refractivity contribution in [3.63, 3.8) is 0 Å². The van der Waals surface area contributed by atoms with Crippen LogP contribution in [-0.2, 0) is 6.54 Å². The normalized spacial score (nSPS) is 10.3. The van der Waals surface area contributed by atoms with Crippen molar-refractivity contribution in [1.82, 2.24) is 9.97 Å². The molecular formula is C12H8BrF2N3O2. The number of halogens is 3. The van der Waals surface area contributed by atoms with Crippen LogP contribution in [0, 0.1) is 11.6 Å². The van der Waals surface area contributed by atoms with Crippen molar-refractivity contribution in [2.45, 2.75) is 6.54 Å². The van der Waals surface area contributed by atoms with Crippen LogP contribution >= 0.6 is 15.9 Å². The number of carboxylic acids is 1. The second-order valence-corrected chi connectivity index (χ2v) is 4.64. The van der Waals surface area contributed by atoms with Gasteiger partial charge < -0.3 is 10.4 Å². The lowest BCUT2D eigenvalue weighted by Gasteiger charge is -2.10. The molecule has 1 aromatic carbocycles. The minimum atomic E-state index is -1.18. The lowest BCUT2D eigenvalue weighted by Crippen LogP contribution is -2.11. The monoisotopic (exact) mass is 343 g/mol. The van der Waals surface area contributed by atoms with Gasteiger partial charge in [0.15, 0.2) is 0 Å². The lowest BCUT2D eigenvalue weighted by molar-refractivity contribution is 0.0694.